The van der Waals surface area contributed by atoms with E-state index in [1.165, 1.54) is 6.33 Å². The Hall–Kier alpha value is -3.06. The number of rotatable bonds is 5. The Balaban J connectivity index is 1.93. The maximum Gasteiger partial charge on any atom is 0.148 e. The molecular weight excluding hydrogens is 358 g/mol. The van der Waals surface area contributed by atoms with Gasteiger partial charge in [-0.05, 0) is 0 Å². The van der Waals surface area contributed by atoms with Gasteiger partial charge >= 0.3 is 0 Å². The van der Waals surface area contributed by atoms with E-state index in [-0.39, 0.29) is 6.61 Å². The van der Waals surface area contributed by atoms with Crippen LogP contribution >= 0.6 is 0 Å². The van der Waals surface area contributed by atoms with E-state index in [1.54, 1.807) is 10.8 Å². The maximum atomic E-state index is 10.0. The van der Waals surface area contributed by atoms with Gasteiger partial charge in [0.1, 0.15) is 30.1 Å². The third kappa shape index (κ3) is 3.94. The van der Waals surface area contributed by atoms with Gasteiger partial charge in [-0.25, -0.2) is 9.97 Å². The quantitative estimate of drug-likeness (QED) is 0.605. The lowest BCUT2D eigenvalue weighted by atomic mass is 10.2. The Morgan fingerprint density at radius 2 is 2.04 bits per heavy atom. The molecule has 3 heterocycles. The smallest absolute Gasteiger partial charge is 0.148 e. The van der Waals surface area contributed by atoms with Crippen LogP contribution in [0.2, 0.25) is 0 Å². The van der Waals surface area contributed by atoms with Gasteiger partial charge in [0.15, 0.2) is 0 Å². The van der Waals surface area contributed by atoms with E-state index in [2.05, 4.69) is 33.6 Å². The monoisotopic (exact) mass is 379 g/mol. The van der Waals surface area contributed by atoms with Gasteiger partial charge in [0.05, 0.1) is 43.3 Å². The van der Waals surface area contributed by atoms with Crippen LogP contribution in [0.15, 0.2) is 12.5 Å². The first-order valence-electron chi connectivity index (χ1n) is 8.72. The van der Waals surface area contributed by atoms with Crippen molar-refractivity contribution in [3.05, 3.63) is 18.1 Å². The number of hydrogen-bond donors (Lipinski definition) is 3. The number of hydrogen-bond acceptors (Lipinski definition) is 7. The van der Waals surface area contributed by atoms with Crippen LogP contribution in [-0.4, -0.2) is 68.1 Å². The first-order valence-corrected chi connectivity index (χ1v) is 8.72. The van der Waals surface area contributed by atoms with Crippen LogP contribution in [0.3, 0.4) is 0 Å². The molecule has 8 heteroatoms. The Morgan fingerprint density at radius 3 is 2.68 bits per heavy atom. The average molecular weight is 379 g/mol. The third-order valence-electron chi connectivity index (χ3n) is 4.49. The van der Waals surface area contributed by atoms with Crippen LogP contribution in [0.25, 0.3) is 11.0 Å². The number of fused-ring (bicyclic) bond motifs is 1. The highest BCUT2D eigenvalue weighted by Gasteiger charge is 2.35. The predicted molar refractivity (Wildman–Crippen MR) is 105 cm³/mol. The molecule has 144 valence electrons. The molecule has 0 aliphatic carbocycles. The lowest BCUT2D eigenvalue weighted by molar-refractivity contribution is -0.0430. The lowest BCUT2D eigenvalue weighted by Gasteiger charge is -2.14. The number of aliphatic hydroxyl groups is 2. The van der Waals surface area contributed by atoms with Crippen molar-refractivity contribution in [1.29, 1.82) is 0 Å². The van der Waals surface area contributed by atoms with E-state index < -0.39 is 18.4 Å². The second-order valence-electron chi connectivity index (χ2n) is 6.38. The summed E-state index contributed by atoms with van der Waals surface area (Å²) in [6.07, 6.45) is 12.3. The fraction of sp³-hybridized carbons (Fsp3) is 0.400. The number of anilines is 1. The molecule has 3 rings (SSSR count). The average Bonchev–Trinajstić information content (AvgIpc) is 3.23. The first-order chi connectivity index (χ1) is 13.6. The molecular formula is C20H21N5O3. The molecule has 0 aromatic carbocycles. The van der Waals surface area contributed by atoms with Crippen molar-refractivity contribution in [2.24, 2.45) is 0 Å². The van der Waals surface area contributed by atoms with Crippen LogP contribution in [0.5, 0.6) is 0 Å². The molecule has 0 radical (unpaired) electrons. The van der Waals surface area contributed by atoms with Crippen molar-refractivity contribution in [1.82, 2.24) is 19.4 Å². The molecule has 0 unspecified atom stereocenters. The molecule has 28 heavy (non-hydrogen) atoms. The van der Waals surface area contributed by atoms with Gasteiger partial charge in [0.2, 0.25) is 0 Å². The Morgan fingerprint density at radius 1 is 1.29 bits per heavy atom. The second-order valence-corrected chi connectivity index (χ2v) is 6.38. The van der Waals surface area contributed by atoms with Crippen LogP contribution < -0.4 is 5.73 Å². The maximum absolute atomic E-state index is 10.0. The highest BCUT2D eigenvalue weighted by molar-refractivity contribution is 5.92. The molecule has 0 amide bonds. The third-order valence-corrected chi connectivity index (χ3v) is 4.49. The summed E-state index contributed by atoms with van der Waals surface area (Å²) >= 11 is 0. The summed E-state index contributed by atoms with van der Waals surface area (Å²) in [4.78, 5) is 10.2. The normalized spacial score (nSPS) is 21.2. The van der Waals surface area contributed by atoms with Crippen molar-refractivity contribution < 1.29 is 14.9 Å². The number of nitrogen functional groups attached to an aromatic ring is 1. The minimum atomic E-state index is -0.762. The molecule has 1 aliphatic rings. The van der Waals surface area contributed by atoms with E-state index >= 15 is 0 Å². The number of aromatic nitrogens is 3. The fourth-order valence-electron chi connectivity index (χ4n) is 3.15. The van der Waals surface area contributed by atoms with Gasteiger partial charge in [0.25, 0.3) is 0 Å². The molecule has 0 saturated carbocycles. The summed E-state index contributed by atoms with van der Waals surface area (Å²) in [7, 11) is 0. The van der Waals surface area contributed by atoms with Crippen molar-refractivity contribution in [2.45, 2.75) is 24.9 Å². The largest absolute Gasteiger partial charge is 0.394 e. The summed E-state index contributed by atoms with van der Waals surface area (Å²) in [5, 5.41) is 20.0. The highest BCUT2D eigenvalue weighted by atomic mass is 16.5. The minimum absolute atomic E-state index is 0.263. The van der Waals surface area contributed by atoms with Crippen molar-refractivity contribution in [3.63, 3.8) is 0 Å². The van der Waals surface area contributed by atoms with Gasteiger partial charge in [-0.15, -0.1) is 12.8 Å². The number of nitrogens with zero attached hydrogens (tertiary/aromatic N) is 4. The molecule has 4 N–H and O–H groups in total. The Labute approximate surface area is 163 Å². The van der Waals surface area contributed by atoms with E-state index in [0.29, 0.717) is 48.5 Å². The predicted octanol–water partition coefficient (Wildman–Crippen LogP) is -0.426. The van der Waals surface area contributed by atoms with Gasteiger partial charge in [-0.1, -0.05) is 23.7 Å². The summed E-state index contributed by atoms with van der Waals surface area (Å²) in [5.41, 5.74) is 7.24. The van der Waals surface area contributed by atoms with E-state index in [4.69, 9.17) is 23.3 Å². The van der Waals surface area contributed by atoms with Crippen LogP contribution in [0.4, 0.5) is 5.82 Å². The number of aliphatic hydroxyl groups excluding tert-OH is 2. The summed E-state index contributed by atoms with van der Waals surface area (Å²) < 4.78 is 7.50. The summed E-state index contributed by atoms with van der Waals surface area (Å²) in [6.45, 7) is 0.950. The fourth-order valence-corrected chi connectivity index (χ4v) is 3.15. The van der Waals surface area contributed by atoms with Crippen LogP contribution in [-0.2, 0) is 4.74 Å². The molecule has 1 fully saturated rings. The van der Waals surface area contributed by atoms with E-state index in [9.17, 15) is 10.2 Å². The van der Waals surface area contributed by atoms with Gasteiger partial charge in [-0.3, -0.25) is 4.90 Å². The van der Waals surface area contributed by atoms with Crippen molar-refractivity contribution in [2.75, 3.05) is 32.0 Å². The molecule has 2 aromatic rings. The molecule has 3 atom stereocenters. The Kier molecular flexibility index (Phi) is 6.16. The molecule has 0 spiro atoms. The summed E-state index contributed by atoms with van der Waals surface area (Å²) in [5.74, 6) is 11.5. The lowest BCUT2D eigenvalue weighted by Crippen LogP contribution is -2.24. The topological polar surface area (TPSA) is 110 Å². The number of terminal acetylenes is 2. The molecule has 1 saturated heterocycles. The molecule has 1 aliphatic heterocycles. The second kappa shape index (κ2) is 8.75. The van der Waals surface area contributed by atoms with E-state index in [0.717, 1.165) is 0 Å². The SMILES string of the molecule is C#CCN(CC#C)CC#Cc1cn([C@H]2C[C@H](O)[C@@H](CO)O2)c2ncnc(N)c12. The first kappa shape index (κ1) is 19.7. The van der Waals surface area contributed by atoms with E-state index in [1.807, 2.05) is 4.90 Å². The molecule has 2 aromatic heterocycles. The standard InChI is InChI=1S/C20H21N5O3/c1-3-7-24(8-4-2)9-5-6-14-11-25(17-10-15(27)16(12-26)28-17)20-18(14)19(21)22-13-23-20/h1-2,11,13,15-17,26-27H,7-10,12H2,(H2,21,22,23)/t15-,16+,17+/m0/s1. The van der Waals surface area contributed by atoms with Crippen LogP contribution in [0, 0.1) is 36.5 Å². The van der Waals surface area contributed by atoms with Crippen molar-refractivity contribution in [3.8, 4) is 36.5 Å². The number of nitrogens with two attached hydrogens (primary N) is 1. The van der Waals surface area contributed by atoms with Crippen LogP contribution in [0.1, 0.15) is 18.2 Å². The van der Waals surface area contributed by atoms with Gasteiger partial charge in [-0.2, -0.15) is 0 Å². The van der Waals surface area contributed by atoms with Gasteiger partial charge < -0.3 is 25.3 Å². The van der Waals surface area contributed by atoms with Crippen molar-refractivity contribution >= 4 is 16.9 Å². The number of ether oxygens (including phenoxy) is 1. The Bertz CT molecular complexity index is 975. The zero-order valence-electron chi connectivity index (χ0n) is 15.2. The highest BCUT2D eigenvalue weighted by Crippen LogP contribution is 2.33. The van der Waals surface area contributed by atoms with Gasteiger partial charge in [0, 0.05) is 12.6 Å². The summed E-state index contributed by atoms with van der Waals surface area (Å²) in [6, 6.07) is 0. The zero-order valence-corrected chi connectivity index (χ0v) is 15.2. The minimum Gasteiger partial charge on any atom is -0.394 e. The molecule has 0 bridgehead atoms. The molecule has 8 nitrogen and oxygen atoms in total. The zero-order chi connectivity index (χ0) is 20.1.